The summed E-state index contributed by atoms with van der Waals surface area (Å²) in [5.41, 5.74) is 0. The zero-order valence-corrected chi connectivity index (χ0v) is 15.7. The van der Waals surface area contributed by atoms with Crippen LogP contribution in [-0.2, 0) is 0 Å². The number of guanidine groups is 1. The zero-order valence-electron chi connectivity index (χ0n) is 13.3. The Bertz CT molecular complexity index is 495. The predicted molar refractivity (Wildman–Crippen MR) is 99.6 cm³/mol. The molecule has 1 aromatic heterocycles. The SMILES string of the molecule is CN=C(NCC(C)C)NC1CCN(c2ncccc2F)C1.I. The lowest BCUT2D eigenvalue weighted by Crippen LogP contribution is -2.45. The average molecular weight is 421 g/mol. The Kier molecular flexibility index (Phi) is 7.84. The third-order valence-corrected chi connectivity index (χ3v) is 3.47. The monoisotopic (exact) mass is 421 g/mol. The first-order valence-electron chi connectivity index (χ1n) is 7.42. The number of hydrogen-bond acceptors (Lipinski definition) is 3. The highest BCUT2D eigenvalue weighted by atomic mass is 127. The van der Waals surface area contributed by atoms with Crippen LogP contribution in [0, 0.1) is 11.7 Å². The molecule has 0 aliphatic carbocycles. The summed E-state index contributed by atoms with van der Waals surface area (Å²) in [5.74, 6) is 1.54. The third-order valence-electron chi connectivity index (χ3n) is 3.47. The molecule has 2 rings (SSSR count). The van der Waals surface area contributed by atoms with Gasteiger partial charge >= 0.3 is 0 Å². The van der Waals surface area contributed by atoms with Crippen LogP contribution in [0.4, 0.5) is 10.2 Å². The van der Waals surface area contributed by atoms with Crippen molar-refractivity contribution in [3.05, 3.63) is 24.1 Å². The lowest BCUT2D eigenvalue weighted by molar-refractivity contribution is 0.593. The van der Waals surface area contributed by atoms with Crippen molar-refractivity contribution in [2.45, 2.75) is 26.3 Å². The largest absolute Gasteiger partial charge is 0.356 e. The van der Waals surface area contributed by atoms with Gasteiger partial charge in [0.2, 0.25) is 0 Å². The molecule has 2 heterocycles. The first-order chi connectivity index (χ1) is 10.1. The van der Waals surface area contributed by atoms with Crippen LogP contribution in [-0.4, -0.2) is 43.7 Å². The van der Waals surface area contributed by atoms with Gasteiger partial charge in [0.15, 0.2) is 17.6 Å². The summed E-state index contributed by atoms with van der Waals surface area (Å²) >= 11 is 0. The Labute approximate surface area is 148 Å². The van der Waals surface area contributed by atoms with Crippen molar-refractivity contribution >= 4 is 35.8 Å². The molecule has 2 N–H and O–H groups in total. The molecule has 5 nitrogen and oxygen atoms in total. The molecule has 1 aromatic rings. The molecule has 124 valence electrons. The maximum atomic E-state index is 13.7. The van der Waals surface area contributed by atoms with E-state index in [2.05, 4.69) is 34.5 Å². The molecule has 0 saturated carbocycles. The number of aliphatic imine (C=N–C) groups is 1. The van der Waals surface area contributed by atoms with Gasteiger partial charge in [-0.1, -0.05) is 13.8 Å². The fourth-order valence-corrected chi connectivity index (χ4v) is 2.37. The summed E-state index contributed by atoms with van der Waals surface area (Å²) in [6.45, 7) is 6.72. The number of rotatable bonds is 4. The van der Waals surface area contributed by atoms with Gasteiger partial charge in [-0.3, -0.25) is 4.99 Å². The smallest absolute Gasteiger partial charge is 0.191 e. The van der Waals surface area contributed by atoms with E-state index < -0.39 is 0 Å². The van der Waals surface area contributed by atoms with Gasteiger partial charge in [0.25, 0.3) is 0 Å². The second-order valence-corrected chi connectivity index (χ2v) is 5.73. The van der Waals surface area contributed by atoms with Crippen molar-refractivity contribution in [3.8, 4) is 0 Å². The van der Waals surface area contributed by atoms with E-state index in [1.54, 1.807) is 19.3 Å². The van der Waals surface area contributed by atoms with E-state index in [9.17, 15) is 4.39 Å². The van der Waals surface area contributed by atoms with Gasteiger partial charge in [-0.05, 0) is 24.5 Å². The van der Waals surface area contributed by atoms with Crippen molar-refractivity contribution in [1.29, 1.82) is 0 Å². The number of hydrogen-bond donors (Lipinski definition) is 2. The van der Waals surface area contributed by atoms with Crippen molar-refractivity contribution in [3.63, 3.8) is 0 Å². The Morgan fingerprint density at radius 3 is 2.95 bits per heavy atom. The maximum absolute atomic E-state index is 13.7. The van der Waals surface area contributed by atoms with Crippen molar-refractivity contribution in [2.75, 3.05) is 31.6 Å². The second kappa shape index (κ2) is 9.12. The normalized spacial score (nSPS) is 18.3. The van der Waals surface area contributed by atoms with Gasteiger partial charge in [-0.2, -0.15) is 0 Å². The molecule has 0 aromatic carbocycles. The Hall–Kier alpha value is -1.12. The second-order valence-electron chi connectivity index (χ2n) is 5.73. The van der Waals surface area contributed by atoms with E-state index in [-0.39, 0.29) is 35.8 Å². The summed E-state index contributed by atoms with van der Waals surface area (Å²) in [4.78, 5) is 10.3. The molecule has 0 spiro atoms. The Morgan fingerprint density at radius 1 is 1.55 bits per heavy atom. The number of halogens is 2. The highest BCUT2D eigenvalue weighted by Gasteiger charge is 2.25. The molecular formula is C15H25FIN5. The van der Waals surface area contributed by atoms with E-state index >= 15 is 0 Å². The summed E-state index contributed by atoms with van der Waals surface area (Å²) in [7, 11) is 1.76. The van der Waals surface area contributed by atoms with E-state index in [0.717, 1.165) is 32.0 Å². The molecule has 1 saturated heterocycles. The maximum Gasteiger partial charge on any atom is 0.191 e. The van der Waals surface area contributed by atoms with Crippen LogP contribution < -0.4 is 15.5 Å². The Morgan fingerprint density at radius 2 is 2.32 bits per heavy atom. The van der Waals surface area contributed by atoms with Crippen molar-refractivity contribution < 1.29 is 4.39 Å². The van der Waals surface area contributed by atoms with Crippen LogP contribution in [0.2, 0.25) is 0 Å². The minimum Gasteiger partial charge on any atom is -0.356 e. The summed E-state index contributed by atoms with van der Waals surface area (Å²) in [5, 5.41) is 6.68. The van der Waals surface area contributed by atoms with E-state index in [0.29, 0.717) is 11.7 Å². The minimum absolute atomic E-state index is 0. The average Bonchev–Trinajstić information content (AvgIpc) is 2.92. The first kappa shape index (κ1) is 18.9. The molecular weight excluding hydrogens is 396 g/mol. The van der Waals surface area contributed by atoms with Crippen LogP contribution in [0.3, 0.4) is 0 Å². The lowest BCUT2D eigenvalue weighted by Gasteiger charge is -2.20. The van der Waals surface area contributed by atoms with E-state index in [4.69, 9.17) is 0 Å². The van der Waals surface area contributed by atoms with Gasteiger partial charge in [0.1, 0.15) is 0 Å². The van der Waals surface area contributed by atoms with E-state index in [1.165, 1.54) is 6.07 Å². The fourth-order valence-electron chi connectivity index (χ4n) is 2.37. The van der Waals surface area contributed by atoms with Crippen molar-refractivity contribution in [1.82, 2.24) is 15.6 Å². The summed E-state index contributed by atoms with van der Waals surface area (Å²) in [6, 6.07) is 3.32. The van der Waals surface area contributed by atoms with Crippen LogP contribution in [0.5, 0.6) is 0 Å². The molecule has 22 heavy (non-hydrogen) atoms. The first-order valence-corrected chi connectivity index (χ1v) is 7.42. The van der Waals surface area contributed by atoms with Gasteiger partial charge in [0, 0.05) is 38.9 Å². The Balaban J connectivity index is 0.00000242. The highest BCUT2D eigenvalue weighted by Crippen LogP contribution is 2.20. The molecule has 1 unspecified atom stereocenters. The lowest BCUT2D eigenvalue weighted by atomic mass is 10.2. The number of pyridine rings is 1. The zero-order chi connectivity index (χ0) is 15.2. The van der Waals surface area contributed by atoms with Crippen LogP contribution in [0.25, 0.3) is 0 Å². The van der Waals surface area contributed by atoms with Crippen molar-refractivity contribution in [2.24, 2.45) is 10.9 Å². The van der Waals surface area contributed by atoms with E-state index in [1.807, 2.05) is 4.90 Å². The van der Waals surface area contributed by atoms with Crippen LogP contribution in [0.15, 0.2) is 23.3 Å². The molecule has 1 aliphatic rings. The number of aromatic nitrogens is 1. The molecule has 0 bridgehead atoms. The highest BCUT2D eigenvalue weighted by molar-refractivity contribution is 14.0. The molecule has 0 radical (unpaired) electrons. The topological polar surface area (TPSA) is 52.6 Å². The van der Waals surface area contributed by atoms with Crippen LogP contribution >= 0.6 is 24.0 Å². The van der Waals surface area contributed by atoms with Gasteiger partial charge in [-0.25, -0.2) is 9.37 Å². The third kappa shape index (κ3) is 5.26. The van der Waals surface area contributed by atoms with Gasteiger partial charge in [-0.15, -0.1) is 24.0 Å². The summed E-state index contributed by atoms with van der Waals surface area (Å²) < 4.78 is 13.7. The molecule has 0 amide bonds. The van der Waals surface area contributed by atoms with Gasteiger partial charge in [0.05, 0.1) is 0 Å². The fraction of sp³-hybridized carbons (Fsp3) is 0.600. The molecule has 1 aliphatic heterocycles. The number of nitrogens with zero attached hydrogens (tertiary/aromatic N) is 3. The van der Waals surface area contributed by atoms with Gasteiger partial charge < -0.3 is 15.5 Å². The molecule has 1 atom stereocenters. The predicted octanol–water partition coefficient (Wildman–Crippen LogP) is 2.24. The molecule has 7 heteroatoms. The van der Waals surface area contributed by atoms with Crippen LogP contribution in [0.1, 0.15) is 20.3 Å². The summed E-state index contributed by atoms with van der Waals surface area (Å²) in [6.07, 6.45) is 2.57. The standard InChI is InChI=1S/C15H24FN5.HI/c1-11(2)9-19-15(17-3)20-12-6-8-21(10-12)14-13(16)5-4-7-18-14;/h4-5,7,11-12H,6,8-10H2,1-3H3,(H2,17,19,20);1H. The molecule has 1 fully saturated rings. The number of nitrogens with one attached hydrogen (secondary N) is 2. The quantitative estimate of drug-likeness (QED) is 0.445. The minimum atomic E-state index is -0.263. The number of anilines is 1.